The van der Waals surface area contributed by atoms with E-state index in [1.165, 1.54) is 18.2 Å². The molecule has 4 N–H and O–H groups in total. The summed E-state index contributed by atoms with van der Waals surface area (Å²) in [7, 11) is 0. The third kappa shape index (κ3) is 5.35. The first-order valence-corrected chi connectivity index (χ1v) is 7.54. The molecule has 0 bridgehead atoms. The van der Waals surface area contributed by atoms with Crippen molar-refractivity contribution >= 4 is 46.1 Å². The lowest BCUT2D eigenvalue weighted by atomic mass is 10.3. The van der Waals surface area contributed by atoms with Crippen molar-refractivity contribution in [2.24, 2.45) is 0 Å². The number of H-pyrrole nitrogens is 1. The van der Waals surface area contributed by atoms with Gasteiger partial charge >= 0.3 is 0 Å². The lowest BCUT2D eigenvalue weighted by Gasteiger charge is -2.11. The van der Waals surface area contributed by atoms with Gasteiger partial charge in [-0.15, -0.1) is 0 Å². The van der Waals surface area contributed by atoms with Crippen LogP contribution >= 0.6 is 23.8 Å². The second-order valence-corrected chi connectivity index (χ2v) is 5.32. The first-order valence-electron chi connectivity index (χ1n) is 6.75. The average Bonchev–Trinajstić information content (AvgIpc) is 2.54. The molecule has 7 nitrogen and oxygen atoms in total. The smallest absolute Gasteiger partial charge is 0.272 e. The van der Waals surface area contributed by atoms with Crippen molar-refractivity contribution in [2.75, 3.05) is 23.7 Å². The normalized spacial score (nSPS) is 9.96. The zero-order chi connectivity index (χ0) is 16.7. The third-order valence-corrected chi connectivity index (χ3v) is 3.42. The average molecular weight is 353 g/mol. The van der Waals surface area contributed by atoms with Gasteiger partial charge in [-0.05, 0) is 24.4 Å². The van der Waals surface area contributed by atoms with Crippen LogP contribution in [0.3, 0.4) is 0 Å². The summed E-state index contributed by atoms with van der Waals surface area (Å²) >= 11 is 11.1. The Morgan fingerprint density at radius 2 is 2.13 bits per heavy atom. The minimum Gasteiger partial charge on any atom is -0.359 e. The number of aromatic nitrogens is 1. The van der Waals surface area contributed by atoms with Crippen molar-refractivity contribution in [3.63, 3.8) is 0 Å². The van der Waals surface area contributed by atoms with Crippen LogP contribution in [0.25, 0.3) is 0 Å². The number of rotatable bonds is 6. The predicted octanol–water partition coefficient (Wildman–Crippen LogP) is 2.46. The number of nitro groups is 1. The number of benzene rings is 1. The van der Waals surface area contributed by atoms with Gasteiger partial charge in [-0.1, -0.05) is 17.7 Å². The number of hydrogen-bond acceptors (Lipinski definition) is 4. The van der Waals surface area contributed by atoms with Gasteiger partial charge in [0.15, 0.2) is 5.11 Å². The van der Waals surface area contributed by atoms with Crippen LogP contribution in [-0.4, -0.2) is 23.1 Å². The van der Waals surface area contributed by atoms with Crippen LogP contribution in [0.1, 0.15) is 0 Å². The summed E-state index contributed by atoms with van der Waals surface area (Å²) in [4.78, 5) is 13.3. The van der Waals surface area contributed by atoms with Crippen LogP contribution < -0.4 is 20.9 Å². The van der Waals surface area contributed by atoms with E-state index in [0.717, 1.165) is 5.82 Å². The molecule has 1 aromatic carbocycles. The number of nitrogens with one attached hydrogen (secondary N) is 4. The topological polar surface area (TPSA) is 93.4 Å². The van der Waals surface area contributed by atoms with E-state index in [9.17, 15) is 10.1 Å². The standard InChI is InChI=1S/C14H14ClN5O2S/c15-11-5-4-10(20(21)22)9-12(11)19-14(23)18-8-7-17-13-3-1-2-6-16-13/h1-6,9H,7-8H2,(H,16,17)(H2,18,19,23)/p+1. The van der Waals surface area contributed by atoms with Gasteiger partial charge in [0.1, 0.15) is 6.54 Å². The fraction of sp³-hybridized carbons (Fsp3) is 0.143. The number of aromatic amines is 1. The minimum absolute atomic E-state index is 0.0546. The fourth-order valence-electron chi connectivity index (χ4n) is 1.77. The molecule has 0 amide bonds. The van der Waals surface area contributed by atoms with Crippen LogP contribution in [-0.2, 0) is 0 Å². The number of pyridine rings is 1. The Hall–Kier alpha value is -2.45. The van der Waals surface area contributed by atoms with E-state index in [4.69, 9.17) is 23.8 Å². The summed E-state index contributed by atoms with van der Waals surface area (Å²) in [5.41, 5.74) is 0.337. The molecule has 0 aliphatic carbocycles. The molecule has 0 saturated heterocycles. The zero-order valence-electron chi connectivity index (χ0n) is 12.0. The van der Waals surface area contributed by atoms with E-state index in [2.05, 4.69) is 20.9 Å². The van der Waals surface area contributed by atoms with Crippen LogP contribution in [0.5, 0.6) is 0 Å². The van der Waals surface area contributed by atoms with Gasteiger partial charge in [0.05, 0.1) is 28.4 Å². The molecule has 0 aliphatic heterocycles. The van der Waals surface area contributed by atoms with Crippen LogP contribution in [0.4, 0.5) is 17.2 Å². The monoisotopic (exact) mass is 352 g/mol. The Bertz CT molecular complexity index is 699. The Morgan fingerprint density at radius 3 is 2.83 bits per heavy atom. The maximum absolute atomic E-state index is 10.8. The van der Waals surface area contributed by atoms with Gasteiger partial charge in [0, 0.05) is 18.2 Å². The van der Waals surface area contributed by atoms with Gasteiger partial charge in [0.25, 0.3) is 11.5 Å². The molecule has 120 valence electrons. The van der Waals surface area contributed by atoms with E-state index >= 15 is 0 Å². The molecular formula is C14H15ClN5O2S+. The highest BCUT2D eigenvalue weighted by Gasteiger charge is 2.10. The lowest BCUT2D eigenvalue weighted by molar-refractivity contribution is -0.384. The fourth-order valence-corrected chi connectivity index (χ4v) is 2.14. The Kier molecular flexibility index (Phi) is 6.07. The minimum atomic E-state index is -0.488. The van der Waals surface area contributed by atoms with E-state index in [0.29, 0.717) is 28.9 Å². The second-order valence-electron chi connectivity index (χ2n) is 4.51. The highest BCUT2D eigenvalue weighted by atomic mass is 35.5. The van der Waals surface area contributed by atoms with Crippen molar-refractivity contribution in [2.45, 2.75) is 0 Å². The lowest BCUT2D eigenvalue weighted by Crippen LogP contribution is -2.33. The largest absolute Gasteiger partial charge is 0.359 e. The van der Waals surface area contributed by atoms with E-state index in [1.807, 2.05) is 24.4 Å². The summed E-state index contributed by atoms with van der Waals surface area (Å²) in [6.45, 7) is 1.21. The van der Waals surface area contributed by atoms with Crippen molar-refractivity contribution in [3.05, 3.63) is 57.7 Å². The number of halogens is 1. The van der Waals surface area contributed by atoms with Crippen LogP contribution in [0, 0.1) is 10.1 Å². The molecule has 0 saturated carbocycles. The Balaban J connectivity index is 1.81. The molecule has 1 heterocycles. The summed E-state index contributed by atoms with van der Waals surface area (Å²) in [5.74, 6) is 0.898. The van der Waals surface area contributed by atoms with Crippen molar-refractivity contribution < 1.29 is 9.91 Å². The number of hydrogen-bond donors (Lipinski definition) is 3. The summed E-state index contributed by atoms with van der Waals surface area (Å²) in [6, 6.07) is 9.86. The van der Waals surface area contributed by atoms with Crippen molar-refractivity contribution in [3.8, 4) is 0 Å². The van der Waals surface area contributed by atoms with Crippen molar-refractivity contribution in [1.29, 1.82) is 0 Å². The molecule has 2 aromatic rings. The molecule has 2 rings (SSSR count). The number of nitro benzene ring substituents is 1. The van der Waals surface area contributed by atoms with E-state index < -0.39 is 4.92 Å². The maximum atomic E-state index is 10.8. The molecule has 23 heavy (non-hydrogen) atoms. The highest BCUT2D eigenvalue weighted by Crippen LogP contribution is 2.26. The number of nitrogens with zero attached hydrogens (tertiary/aromatic N) is 1. The third-order valence-electron chi connectivity index (χ3n) is 2.84. The Morgan fingerprint density at radius 1 is 1.30 bits per heavy atom. The molecule has 0 fully saturated rings. The molecule has 9 heteroatoms. The molecule has 0 aliphatic rings. The maximum Gasteiger partial charge on any atom is 0.272 e. The van der Waals surface area contributed by atoms with Crippen molar-refractivity contribution in [1.82, 2.24) is 5.32 Å². The quantitative estimate of drug-likeness (QED) is 0.320. The number of non-ortho nitro benzene ring substituents is 1. The Labute approximate surface area is 143 Å². The van der Waals surface area contributed by atoms with Crippen LogP contribution in [0.15, 0.2) is 42.6 Å². The van der Waals surface area contributed by atoms with E-state index in [-0.39, 0.29) is 5.69 Å². The predicted molar refractivity (Wildman–Crippen MR) is 93.8 cm³/mol. The number of thiocarbonyl (C=S) groups is 1. The van der Waals surface area contributed by atoms with E-state index in [1.54, 1.807) is 0 Å². The SMILES string of the molecule is O=[N+]([O-])c1ccc(Cl)c(NC(=S)NCCNc2cccc[nH+]2)c1. The van der Waals surface area contributed by atoms with Gasteiger partial charge in [0.2, 0.25) is 0 Å². The molecule has 0 radical (unpaired) electrons. The molecule has 0 spiro atoms. The summed E-state index contributed by atoms with van der Waals surface area (Å²) in [5, 5.41) is 20.5. The molecule has 0 unspecified atom stereocenters. The first-order chi connectivity index (χ1) is 11.1. The summed E-state index contributed by atoms with van der Waals surface area (Å²) in [6.07, 6.45) is 1.83. The highest BCUT2D eigenvalue weighted by molar-refractivity contribution is 7.80. The van der Waals surface area contributed by atoms with Gasteiger partial charge in [-0.2, -0.15) is 0 Å². The molecular weight excluding hydrogens is 338 g/mol. The summed E-state index contributed by atoms with van der Waals surface area (Å²) < 4.78 is 0. The zero-order valence-corrected chi connectivity index (χ0v) is 13.6. The molecule has 0 atom stereocenters. The van der Waals surface area contributed by atoms with Gasteiger partial charge in [-0.25, -0.2) is 4.98 Å². The second kappa shape index (κ2) is 8.25. The van der Waals surface area contributed by atoms with Gasteiger partial charge in [-0.3, -0.25) is 15.4 Å². The first kappa shape index (κ1) is 16.9. The van der Waals surface area contributed by atoms with Crippen LogP contribution in [0.2, 0.25) is 5.02 Å². The number of anilines is 2. The van der Waals surface area contributed by atoms with Gasteiger partial charge < -0.3 is 10.6 Å². The molecule has 1 aromatic heterocycles.